The van der Waals surface area contributed by atoms with Gasteiger partial charge < -0.3 is 4.98 Å². The highest BCUT2D eigenvalue weighted by Gasteiger charge is 2.15. The molecule has 22 heavy (non-hydrogen) atoms. The van der Waals surface area contributed by atoms with E-state index < -0.39 is 0 Å². The molecule has 1 aromatic heterocycles. The van der Waals surface area contributed by atoms with E-state index in [2.05, 4.69) is 4.98 Å². The van der Waals surface area contributed by atoms with Crippen molar-refractivity contribution in [3.05, 3.63) is 71.2 Å². The number of hydrogen-bond acceptors (Lipinski definition) is 2. The molecule has 0 fully saturated rings. The van der Waals surface area contributed by atoms with Crippen LogP contribution < -0.4 is 0 Å². The first-order chi connectivity index (χ1) is 10.6. The summed E-state index contributed by atoms with van der Waals surface area (Å²) in [6.07, 6.45) is 0. The maximum atomic E-state index is 13.1. The van der Waals surface area contributed by atoms with E-state index in [-0.39, 0.29) is 11.6 Å². The van der Waals surface area contributed by atoms with Crippen molar-refractivity contribution in [2.75, 3.05) is 5.75 Å². The molecular formula is C18H16FNOS. The Morgan fingerprint density at radius 1 is 1.18 bits per heavy atom. The molecule has 0 saturated heterocycles. The zero-order valence-electron chi connectivity index (χ0n) is 12.2. The lowest BCUT2D eigenvalue weighted by molar-refractivity contribution is 0.102. The maximum absolute atomic E-state index is 13.1. The number of aryl methyl sites for hydroxylation is 1. The largest absolute Gasteiger partial charge is 0.358 e. The van der Waals surface area contributed by atoms with Gasteiger partial charge in [-0.25, -0.2) is 4.39 Å². The lowest BCUT2D eigenvalue weighted by Crippen LogP contribution is -2.04. The molecule has 0 unspecified atom stereocenters. The zero-order valence-corrected chi connectivity index (χ0v) is 13.0. The highest BCUT2D eigenvalue weighted by Crippen LogP contribution is 2.24. The van der Waals surface area contributed by atoms with Crippen LogP contribution in [0.4, 0.5) is 4.39 Å². The molecule has 1 heterocycles. The van der Waals surface area contributed by atoms with Crippen molar-refractivity contribution in [3.8, 4) is 0 Å². The first-order valence-corrected chi connectivity index (χ1v) is 8.23. The average Bonchev–Trinajstić information content (AvgIpc) is 2.83. The van der Waals surface area contributed by atoms with Gasteiger partial charge in [-0.3, -0.25) is 4.79 Å². The van der Waals surface area contributed by atoms with Gasteiger partial charge in [0, 0.05) is 27.9 Å². The number of halogens is 1. The molecule has 0 aliphatic heterocycles. The number of Topliss-reactive ketones (excluding diaryl/α,β-unsaturated/α-hetero) is 1. The Morgan fingerprint density at radius 3 is 2.82 bits per heavy atom. The van der Waals surface area contributed by atoms with Gasteiger partial charge in [-0.15, -0.1) is 11.8 Å². The Balaban J connectivity index is 1.70. The van der Waals surface area contributed by atoms with E-state index >= 15 is 0 Å². The lowest BCUT2D eigenvalue weighted by Gasteiger charge is -2.03. The van der Waals surface area contributed by atoms with E-state index in [0.29, 0.717) is 11.5 Å². The Morgan fingerprint density at radius 2 is 2.00 bits per heavy atom. The van der Waals surface area contributed by atoms with E-state index in [4.69, 9.17) is 0 Å². The van der Waals surface area contributed by atoms with Crippen molar-refractivity contribution in [2.45, 2.75) is 12.7 Å². The number of fused-ring (bicyclic) bond motifs is 1. The predicted octanol–water partition coefficient (Wildman–Crippen LogP) is 4.73. The molecule has 0 amide bonds. The number of rotatable bonds is 5. The molecule has 0 saturated carbocycles. The number of nitrogens with one attached hydrogen (secondary N) is 1. The molecule has 0 bridgehead atoms. The molecule has 112 valence electrons. The van der Waals surface area contributed by atoms with E-state index in [1.165, 1.54) is 23.9 Å². The van der Waals surface area contributed by atoms with Gasteiger partial charge in [0.2, 0.25) is 0 Å². The molecule has 1 N–H and O–H groups in total. The van der Waals surface area contributed by atoms with Crippen LogP contribution in [0.25, 0.3) is 10.9 Å². The fraction of sp³-hybridized carbons (Fsp3) is 0.167. The molecule has 0 aliphatic carbocycles. The number of hydrogen-bond donors (Lipinski definition) is 1. The monoisotopic (exact) mass is 313 g/mol. The minimum atomic E-state index is -0.239. The van der Waals surface area contributed by atoms with Crippen LogP contribution in [0.1, 0.15) is 21.6 Å². The van der Waals surface area contributed by atoms with Crippen LogP contribution in [0, 0.1) is 12.7 Å². The van der Waals surface area contributed by atoms with Crippen LogP contribution >= 0.6 is 11.8 Å². The highest BCUT2D eigenvalue weighted by atomic mass is 32.2. The SMILES string of the molecule is Cc1[nH]c2ccccc2c1C(=O)CSCc1cccc(F)c1. The summed E-state index contributed by atoms with van der Waals surface area (Å²) in [6, 6.07) is 14.3. The Kier molecular flexibility index (Phi) is 4.29. The maximum Gasteiger partial charge on any atom is 0.175 e. The second-order valence-electron chi connectivity index (χ2n) is 5.22. The van der Waals surface area contributed by atoms with Gasteiger partial charge in [-0.2, -0.15) is 0 Å². The normalized spacial score (nSPS) is 11.0. The number of ketones is 1. The van der Waals surface area contributed by atoms with Crippen molar-refractivity contribution in [1.82, 2.24) is 4.98 Å². The van der Waals surface area contributed by atoms with Crippen LogP contribution in [-0.4, -0.2) is 16.5 Å². The highest BCUT2D eigenvalue weighted by molar-refractivity contribution is 7.99. The smallest absolute Gasteiger partial charge is 0.175 e. The van der Waals surface area contributed by atoms with Crippen molar-refractivity contribution in [3.63, 3.8) is 0 Å². The third-order valence-corrected chi connectivity index (χ3v) is 4.57. The summed E-state index contributed by atoms with van der Waals surface area (Å²) in [5.74, 6) is 0.887. The van der Waals surface area contributed by atoms with Crippen LogP contribution in [0.15, 0.2) is 48.5 Å². The third-order valence-electron chi connectivity index (χ3n) is 3.56. The predicted molar refractivity (Wildman–Crippen MR) is 89.9 cm³/mol. The van der Waals surface area contributed by atoms with Crippen LogP contribution in [0.2, 0.25) is 0 Å². The number of aromatic nitrogens is 1. The van der Waals surface area contributed by atoms with Crippen LogP contribution in [0.5, 0.6) is 0 Å². The topological polar surface area (TPSA) is 32.9 Å². The third kappa shape index (κ3) is 3.07. The van der Waals surface area contributed by atoms with E-state index in [0.717, 1.165) is 27.7 Å². The Bertz CT molecular complexity index is 825. The quantitative estimate of drug-likeness (QED) is 0.691. The van der Waals surface area contributed by atoms with Gasteiger partial charge in [0.1, 0.15) is 5.82 Å². The molecule has 0 aliphatic rings. The van der Waals surface area contributed by atoms with Crippen LogP contribution in [0.3, 0.4) is 0 Å². The number of carbonyl (C=O) groups excluding carboxylic acids is 1. The standard InChI is InChI=1S/C18H16FNOS/c1-12-18(15-7-2-3-8-16(15)20-12)17(21)11-22-10-13-5-4-6-14(19)9-13/h2-9,20H,10-11H2,1H3. The second-order valence-corrected chi connectivity index (χ2v) is 6.20. The number of H-pyrrole nitrogens is 1. The van der Waals surface area contributed by atoms with Gasteiger partial charge >= 0.3 is 0 Å². The average molecular weight is 313 g/mol. The van der Waals surface area contributed by atoms with Gasteiger partial charge in [0.25, 0.3) is 0 Å². The van der Waals surface area contributed by atoms with Gasteiger partial charge in [-0.05, 0) is 30.7 Å². The molecule has 0 radical (unpaired) electrons. The van der Waals surface area contributed by atoms with Crippen molar-refractivity contribution >= 4 is 28.4 Å². The molecule has 4 heteroatoms. The van der Waals surface area contributed by atoms with E-state index in [1.54, 1.807) is 6.07 Å². The molecule has 2 aromatic carbocycles. The van der Waals surface area contributed by atoms with Crippen molar-refractivity contribution < 1.29 is 9.18 Å². The van der Waals surface area contributed by atoms with E-state index in [9.17, 15) is 9.18 Å². The summed E-state index contributed by atoms with van der Waals surface area (Å²) >= 11 is 1.51. The summed E-state index contributed by atoms with van der Waals surface area (Å²) in [6.45, 7) is 1.92. The number of thioether (sulfide) groups is 1. The molecule has 0 atom stereocenters. The Labute approximate surface area is 132 Å². The molecule has 0 spiro atoms. The first-order valence-electron chi connectivity index (χ1n) is 7.08. The van der Waals surface area contributed by atoms with Gasteiger partial charge in [0.05, 0.1) is 5.75 Å². The molecule has 2 nitrogen and oxygen atoms in total. The number of benzene rings is 2. The summed E-state index contributed by atoms with van der Waals surface area (Å²) in [7, 11) is 0. The first kappa shape index (κ1) is 14.9. The number of para-hydroxylation sites is 1. The summed E-state index contributed by atoms with van der Waals surface area (Å²) in [5.41, 5.74) is 3.55. The zero-order chi connectivity index (χ0) is 15.5. The number of carbonyl (C=O) groups is 1. The summed E-state index contributed by atoms with van der Waals surface area (Å²) in [5, 5.41) is 0.969. The minimum Gasteiger partial charge on any atom is -0.358 e. The second kappa shape index (κ2) is 6.36. The molecule has 3 rings (SSSR count). The van der Waals surface area contributed by atoms with Crippen molar-refractivity contribution in [1.29, 1.82) is 0 Å². The lowest BCUT2D eigenvalue weighted by atomic mass is 10.1. The number of aromatic amines is 1. The minimum absolute atomic E-state index is 0.108. The van der Waals surface area contributed by atoms with Crippen molar-refractivity contribution in [2.24, 2.45) is 0 Å². The fourth-order valence-electron chi connectivity index (χ4n) is 2.60. The van der Waals surface area contributed by atoms with E-state index in [1.807, 2.05) is 37.3 Å². The fourth-order valence-corrected chi connectivity index (χ4v) is 3.44. The Hall–Kier alpha value is -2.07. The van der Waals surface area contributed by atoms with Gasteiger partial charge in [-0.1, -0.05) is 30.3 Å². The van der Waals surface area contributed by atoms with Gasteiger partial charge in [0.15, 0.2) is 5.78 Å². The molecular weight excluding hydrogens is 297 g/mol. The van der Waals surface area contributed by atoms with Crippen LogP contribution in [-0.2, 0) is 5.75 Å². The molecule has 3 aromatic rings. The summed E-state index contributed by atoms with van der Waals surface area (Å²) in [4.78, 5) is 15.7. The summed E-state index contributed by atoms with van der Waals surface area (Å²) < 4.78 is 13.1.